The minimum absolute atomic E-state index is 0.150. The largest absolute Gasteiger partial charge is 0.417 e. The number of amides is 1. The van der Waals surface area contributed by atoms with E-state index in [1.165, 1.54) is 23.0 Å². The molecule has 7 nitrogen and oxygen atoms in total. The lowest BCUT2D eigenvalue weighted by Gasteiger charge is -2.29. The average Bonchev–Trinajstić information content (AvgIpc) is 3.25. The molecule has 1 saturated heterocycles. The van der Waals surface area contributed by atoms with Crippen molar-refractivity contribution < 1.29 is 27.1 Å². The predicted octanol–water partition coefficient (Wildman–Crippen LogP) is 4.64. The number of morpholine rings is 1. The van der Waals surface area contributed by atoms with E-state index in [2.05, 4.69) is 15.4 Å². The highest BCUT2D eigenvalue weighted by Gasteiger charge is 2.31. The van der Waals surface area contributed by atoms with Crippen LogP contribution in [-0.2, 0) is 10.9 Å². The van der Waals surface area contributed by atoms with Gasteiger partial charge in [-0.25, -0.2) is 14.1 Å². The third kappa shape index (κ3) is 4.89. The van der Waals surface area contributed by atoms with Crippen LogP contribution in [0.3, 0.4) is 0 Å². The molecular weight excluding hydrogens is 454 g/mol. The quantitative estimate of drug-likeness (QED) is 0.543. The van der Waals surface area contributed by atoms with E-state index in [-0.39, 0.29) is 23.0 Å². The summed E-state index contributed by atoms with van der Waals surface area (Å²) < 4.78 is 59.9. The van der Waals surface area contributed by atoms with Crippen LogP contribution in [0.1, 0.15) is 41.4 Å². The van der Waals surface area contributed by atoms with Crippen molar-refractivity contribution in [3.63, 3.8) is 0 Å². The highest BCUT2D eigenvalue weighted by molar-refractivity contribution is 6.05. The maximum Gasteiger partial charge on any atom is 0.417 e. The zero-order valence-corrected chi connectivity index (χ0v) is 18.6. The summed E-state index contributed by atoms with van der Waals surface area (Å²) in [7, 11) is 0. The molecule has 34 heavy (non-hydrogen) atoms. The second kappa shape index (κ2) is 9.41. The molecule has 0 radical (unpaired) electrons. The van der Waals surface area contributed by atoms with Gasteiger partial charge in [0.15, 0.2) is 5.82 Å². The van der Waals surface area contributed by atoms with Gasteiger partial charge in [0.05, 0.1) is 41.9 Å². The number of hydrogen-bond acceptors (Lipinski definition) is 5. The van der Waals surface area contributed by atoms with Gasteiger partial charge in [0.1, 0.15) is 5.82 Å². The molecule has 2 aromatic heterocycles. The Kier molecular flexibility index (Phi) is 6.56. The highest BCUT2D eigenvalue weighted by Crippen LogP contribution is 2.30. The minimum atomic E-state index is -4.51. The molecule has 1 aliphatic heterocycles. The summed E-state index contributed by atoms with van der Waals surface area (Å²) in [6, 6.07) is 6.58. The number of anilines is 2. The van der Waals surface area contributed by atoms with Crippen LogP contribution in [0.2, 0.25) is 0 Å². The van der Waals surface area contributed by atoms with Crippen molar-refractivity contribution in [2.24, 2.45) is 0 Å². The third-order valence-electron chi connectivity index (χ3n) is 5.45. The molecule has 0 aliphatic carbocycles. The maximum atomic E-state index is 14.7. The normalized spacial score (nSPS) is 14.5. The summed E-state index contributed by atoms with van der Waals surface area (Å²) in [5, 5.41) is 6.85. The van der Waals surface area contributed by atoms with E-state index in [9.17, 15) is 22.4 Å². The number of carbonyl (C=O) groups is 1. The van der Waals surface area contributed by atoms with E-state index >= 15 is 0 Å². The first-order chi connectivity index (χ1) is 16.1. The number of pyridine rings is 1. The molecular formula is C23H23F4N5O2. The van der Waals surface area contributed by atoms with Gasteiger partial charge in [-0.1, -0.05) is 13.8 Å². The molecule has 4 rings (SSSR count). The van der Waals surface area contributed by atoms with Gasteiger partial charge in [-0.2, -0.15) is 18.3 Å². The van der Waals surface area contributed by atoms with E-state index in [4.69, 9.17) is 4.74 Å². The van der Waals surface area contributed by atoms with Gasteiger partial charge in [0.2, 0.25) is 0 Å². The second-order valence-electron chi connectivity index (χ2n) is 8.13. The molecule has 0 saturated carbocycles. The minimum Gasteiger partial charge on any atom is -0.378 e. The Hall–Kier alpha value is -3.47. The molecule has 3 aromatic rings. The number of rotatable bonds is 5. The van der Waals surface area contributed by atoms with E-state index < -0.39 is 23.5 Å². The van der Waals surface area contributed by atoms with Crippen molar-refractivity contribution in [2.45, 2.75) is 25.9 Å². The fraction of sp³-hybridized carbons (Fsp3) is 0.348. The summed E-state index contributed by atoms with van der Waals surface area (Å²) >= 11 is 0. The molecule has 0 spiro atoms. The summed E-state index contributed by atoms with van der Waals surface area (Å²) in [4.78, 5) is 18.7. The van der Waals surface area contributed by atoms with Crippen LogP contribution >= 0.6 is 0 Å². The molecule has 1 fully saturated rings. The number of nitrogens with zero attached hydrogens (tertiary/aromatic N) is 4. The van der Waals surface area contributed by atoms with Crippen LogP contribution in [0.15, 0.2) is 42.7 Å². The van der Waals surface area contributed by atoms with Gasteiger partial charge in [-0.15, -0.1) is 0 Å². The Bertz CT molecular complexity index is 1170. The first-order valence-electron chi connectivity index (χ1n) is 10.7. The molecule has 1 aromatic carbocycles. The number of aromatic nitrogens is 3. The monoisotopic (exact) mass is 477 g/mol. The number of nitrogens with one attached hydrogen (secondary N) is 1. The van der Waals surface area contributed by atoms with Crippen molar-refractivity contribution in [1.29, 1.82) is 0 Å². The predicted molar refractivity (Wildman–Crippen MR) is 118 cm³/mol. The smallest absolute Gasteiger partial charge is 0.378 e. The first kappa shape index (κ1) is 23.7. The lowest BCUT2D eigenvalue weighted by molar-refractivity contribution is -0.137. The molecule has 1 aliphatic rings. The SMILES string of the molecule is CC(C)c1c(C(=O)Nc2ccc(N3CCOCC3)c(F)c2)cnn1-c1ccc(C(F)(F)F)cn1. The Morgan fingerprint density at radius 2 is 1.85 bits per heavy atom. The van der Waals surface area contributed by atoms with Crippen molar-refractivity contribution in [3.8, 4) is 5.82 Å². The van der Waals surface area contributed by atoms with E-state index in [0.717, 1.165) is 12.3 Å². The lowest BCUT2D eigenvalue weighted by atomic mass is 10.1. The lowest BCUT2D eigenvalue weighted by Crippen LogP contribution is -2.36. The molecule has 0 bridgehead atoms. The average molecular weight is 477 g/mol. The fourth-order valence-corrected chi connectivity index (χ4v) is 3.79. The van der Waals surface area contributed by atoms with Crippen LogP contribution in [0.5, 0.6) is 0 Å². The Morgan fingerprint density at radius 1 is 1.12 bits per heavy atom. The van der Waals surface area contributed by atoms with E-state index in [1.54, 1.807) is 12.1 Å². The van der Waals surface area contributed by atoms with Gasteiger partial charge in [0.25, 0.3) is 5.91 Å². The number of benzene rings is 1. The van der Waals surface area contributed by atoms with Gasteiger partial charge in [0, 0.05) is 25.0 Å². The molecule has 1 N–H and O–H groups in total. The summed E-state index contributed by atoms with van der Waals surface area (Å²) in [6.45, 7) is 5.85. The van der Waals surface area contributed by atoms with Crippen LogP contribution in [0.4, 0.5) is 28.9 Å². The number of halogens is 4. The van der Waals surface area contributed by atoms with Crippen molar-refractivity contribution in [2.75, 3.05) is 36.5 Å². The molecule has 0 unspecified atom stereocenters. The first-order valence-corrected chi connectivity index (χ1v) is 10.7. The molecule has 3 heterocycles. The zero-order chi connectivity index (χ0) is 24.5. The molecule has 1 amide bonds. The number of alkyl halides is 3. The number of carbonyl (C=O) groups excluding carboxylic acids is 1. The van der Waals surface area contributed by atoms with Crippen molar-refractivity contribution >= 4 is 17.3 Å². The third-order valence-corrected chi connectivity index (χ3v) is 5.45. The second-order valence-corrected chi connectivity index (χ2v) is 8.13. The summed E-state index contributed by atoms with van der Waals surface area (Å²) in [5.41, 5.74) is 0.513. The van der Waals surface area contributed by atoms with Crippen LogP contribution in [-0.4, -0.2) is 47.0 Å². The summed E-state index contributed by atoms with van der Waals surface area (Å²) in [5.74, 6) is -1.03. The Labute approximate surface area is 193 Å². The fourth-order valence-electron chi connectivity index (χ4n) is 3.79. The van der Waals surface area contributed by atoms with Gasteiger partial charge in [-0.3, -0.25) is 4.79 Å². The Morgan fingerprint density at radius 3 is 2.44 bits per heavy atom. The van der Waals surface area contributed by atoms with E-state index in [1.807, 2.05) is 18.7 Å². The van der Waals surface area contributed by atoms with Crippen LogP contribution in [0.25, 0.3) is 5.82 Å². The van der Waals surface area contributed by atoms with Gasteiger partial charge < -0.3 is 15.0 Å². The number of hydrogen-bond donors (Lipinski definition) is 1. The van der Waals surface area contributed by atoms with Crippen molar-refractivity contribution in [1.82, 2.24) is 14.8 Å². The summed E-state index contributed by atoms with van der Waals surface area (Å²) in [6.07, 6.45) is -2.46. The van der Waals surface area contributed by atoms with Gasteiger partial charge >= 0.3 is 6.18 Å². The van der Waals surface area contributed by atoms with E-state index in [0.29, 0.717) is 37.7 Å². The Balaban J connectivity index is 1.57. The topological polar surface area (TPSA) is 72.3 Å². The highest BCUT2D eigenvalue weighted by atomic mass is 19.4. The molecule has 180 valence electrons. The van der Waals surface area contributed by atoms with Gasteiger partial charge in [-0.05, 0) is 36.2 Å². The zero-order valence-electron chi connectivity index (χ0n) is 18.6. The molecule has 11 heteroatoms. The number of ether oxygens (including phenoxy) is 1. The molecule has 0 atom stereocenters. The van der Waals surface area contributed by atoms with Crippen LogP contribution < -0.4 is 10.2 Å². The van der Waals surface area contributed by atoms with Crippen molar-refractivity contribution in [3.05, 3.63) is 65.4 Å². The standard InChI is InChI=1S/C23H23F4N5O2/c1-14(2)21-17(13-29-32(21)20-6-3-15(12-28-20)23(25,26)27)22(33)30-16-4-5-19(18(24)11-16)31-7-9-34-10-8-31/h3-6,11-14H,7-10H2,1-2H3,(H,30,33). The van der Waals surface area contributed by atoms with Crippen LogP contribution in [0, 0.1) is 5.82 Å². The maximum absolute atomic E-state index is 14.7.